The van der Waals surface area contributed by atoms with Crippen molar-refractivity contribution in [3.8, 4) is 5.75 Å². The second-order valence-electron chi connectivity index (χ2n) is 8.64. The molecule has 0 saturated carbocycles. The summed E-state index contributed by atoms with van der Waals surface area (Å²) in [7, 11) is 1.54. The molecule has 0 radical (unpaired) electrons. The molecule has 3 aliphatic heterocycles. The number of carbonyl (C=O) groups is 4. The minimum Gasteiger partial charge on any atom is -0.497 e. The van der Waals surface area contributed by atoms with Crippen LogP contribution in [-0.2, 0) is 19.2 Å². The molecule has 5 rings (SSSR count). The van der Waals surface area contributed by atoms with E-state index in [2.05, 4.69) is 15.5 Å². The van der Waals surface area contributed by atoms with Gasteiger partial charge in [-0.1, -0.05) is 11.2 Å². The summed E-state index contributed by atoms with van der Waals surface area (Å²) in [4.78, 5) is 57.6. The first-order valence-electron chi connectivity index (χ1n) is 11.6. The van der Waals surface area contributed by atoms with Crippen LogP contribution in [0, 0.1) is 0 Å². The number of methoxy groups -OCH3 is 1. The van der Waals surface area contributed by atoms with E-state index in [0.29, 0.717) is 35.5 Å². The first-order valence-corrected chi connectivity index (χ1v) is 13.5. The topological polar surface area (TPSA) is 188 Å². The molecule has 5 N–H and O–H groups in total. The highest BCUT2D eigenvalue weighted by Gasteiger charge is 2.54. The number of nitrogens with two attached hydrogens (primary N) is 1. The molecule has 0 unspecified atom stereocenters. The van der Waals surface area contributed by atoms with Crippen molar-refractivity contribution in [1.29, 1.82) is 0 Å². The Labute approximate surface area is 229 Å². The van der Waals surface area contributed by atoms with E-state index in [1.807, 2.05) is 0 Å². The van der Waals surface area contributed by atoms with Gasteiger partial charge < -0.3 is 31.0 Å². The number of nitrogen functional groups attached to an aromatic ring is 1. The molecule has 0 spiro atoms. The van der Waals surface area contributed by atoms with Crippen LogP contribution in [0.2, 0.25) is 0 Å². The van der Waals surface area contributed by atoms with Crippen LogP contribution in [0.4, 0.5) is 10.8 Å². The maximum Gasteiger partial charge on any atom is 0.352 e. The molecule has 202 valence electrons. The highest BCUT2D eigenvalue weighted by Crippen LogP contribution is 2.41. The molecule has 3 aliphatic rings. The number of ether oxygens (including phenoxy) is 1. The number of fused-ring (bicyclic) bond motifs is 1. The average molecular weight is 571 g/mol. The van der Waals surface area contributed by atoms with Gasteiger partial charge in [-0.2, -0.15) is 0 Å². The van der Waals surface area contributed by atoms with Crippen LogP contribution < -0.4 is 20.7 Å². The van der Waals surface area contributed by atoms with Crippen molar-refractivity contribution >= 4 is 63.3 Å². The zero-order valence-electron chi connectivity index (χ0n) is 20.4. The Kier molecular flexibility index (Phi) is 7.01. The number of carboxylic acid groups (broad SMARTS) is 1. The van der Waals surface area contributed by atoms with Crippen LogP contribution in [0.15, 0.2) is 57.7 Å². The second-order valence-corrected chi connectivity index (χ2v) is 10.6. The van der Waals surface area contributed by atoms with Gasteiger partial charge in [-0.3, -0.25) is 19.3 Å². The van der Waals surface area contributed by atoms with E-state index in [-0.39, 0.29) is 28.2 Å². The van der Waals surface area contributed by atoms with Gasteiger partial charge in [-0.15, -0.1) is 23.1 Å². The van der Waals surface area contributed by atoms with Crippen LogP contribution in [0.25, 0.3) is 0 Å². The standard InChI is InChI=1S/C24H22N6O7S2/c1-37-14-4-2-3-13(8-14)29-6-5-11(20(29)32)7-12-9-38-22-17(21(33)30(22)18(12)23(34)35)27-19(31)16(28-36)15-10-39-24(25)26-15/h2-4,7-8,10,17,22,36H,5-6,9H2,1H3,(H2,25,26)(H,27,31)(H,34,35)/b11-7?,28-16-/t17-,22-/m1/s1. The van der Waals surface area contributed by atoms with Gasteiger partial charge in [0.05, 0.1) is 7.11 Å². The molecule has 39 heavy (non-hydrogen) atoms. The zero-order chi connectivity index (χ0) is 27.8. The maximum absolute atomic E-state index is 13.1. The van der Waals surface area contributed by atoms with E-state index >= 15 is 0 Å². The predicted molar refractivity (Wildman–Crippen MR) is 143 cm³/mol. The van der Waals surface area contributed by atoms with Crippen molar-refractivity contribution < 1.29 is 34.2 Å². The number of nitrogens with one attached hydrogen (secondary N) is 1. The Morgan fingerprint density at radius 1 is 1.33 bits per heavy atom. The molecule has 3 amide bonds. The van der Waals surface area contributed by atoms with Crippen LogP contribution in [0.1, 0.15) is 12.1 Å². The third-order valence-corrected chi connectivity index (χ3v) is 8.38. The van der Waals surface area contributed by atoms with E-state index in [0.717, 1.165) is 16.2 Å². The van der Waals surface area contributed by atoms with Crippen molar-refractivity contribution in [3.05, 3.63) is 58.3 Å². The molecule has 4 heterocycles. The molecule has 13 nitrogen and oxygen atoms in total. The Hall–Kier alpha value is -4.37. The third-order valence-electron chi connectivity index (χ3n) is 6.40. The van der Waals surface area contributed by atoms with Gasteiger partial charge in [0.1, 0.15) is 28.6 Å². The smallest absolute Gasteiger partial charge is 0.352 e. The number of hydrogen-bond donors (Lipinski definition) is 4. The van der Waals surface area contributed by atoms with Crippen molar-refractivity contribution in [2.45, 2.75) is 17.8 Å². The number of amides is 3. The first-order chi connectivity index (χ1) is 18.7. The van der Waals surface area contributed by atoms with Crippen LogP contribution in [-0.4, -0.2) is 80.4 Å². The van der Waals surface area contributed by atoms with Gasteiger partial charge in [0.25, 0.3) is 17.7 Å². The van der Waals surface area contributed by atoms with E-state index in [1.54, 1.807) is 29.2 Å². The fraction of sp³-hybridized carbons (Fsp3) is 0.250. The van der Waals surface area contributed by atoms with Gasteiger partial charge in [0.15, 0.2) is 10.8 Å². The fourth-order valence-corrected chi connectivity index (χ4v) is 6.41. The van der Waals surface area contributed by atoms with Gasteiger partial charge in [-0.25, -0.2) is 9.78 Å². The summed E-state index contributed by atoms with van der Waals surface area (Å²) in [6, 6.07) is 6.03. The normalized spacial score (nSPS) is 22.2. The number of oxime groups is 1. The number of anilines is 2. The second kappa shape index (κ2) is 10.4. The molecule has 2 saturated heterocycles. The summed E-state index contributed by atoms with van der Waals surface area (Å²) in [6.07, 6.45) is 1.94. The lowest BCUT2D eigenvalue weighted by Crippen LogP contribution is -2.71. The number of nitrogens with zero attached hydrogens (tertiary/aromatic N) is 4. The number of thioether (sulfide) groups is 1. The van der Waals surface area contributed by atoms with Crippen LogP contribution in [0.3, 0.4) is 0 Å². The zero-order valence-corrected chi connectivity index (χ0v) is 22.0. The van der Waals surface area contributed by atoms with Gasteiger partial charge in [0, 0.05) is 35.0 Å². The molecular weight excluding hydrogens is 548 g/mol. The molecule has 15 heteroatoms. The lowest BCUT2D eigenvalue weighted by molar-refractivity contribution is -0.150. The van der Waals surface area contributed by atoms with Crippen molar-refractivity contribution in [2.75, 3.05) is 30.0 Å². The number of aromatic nitrogens is 1. The fourth-order valence-electron chi connectivity index (χ4n) is 4.56. The summed E-state index contributed by atoms with van der Waals surface area (Å²) in [5.41, 5.74) is 6.37. The Morgan fingerprint density at radius 3 is 2.79 bits per heavy atom. The Morgan fingerprint density at radius 2 is 2.13 bits per heavy atom. The van der Waals surface area contributed by atoms with E-state index < -0.39 is 34.9 Å². The van der Waals surface area contributed by atoms with Gasteiger partial charge in [-0.05, 0) is 30.2 Å². The molecule has 2 fully saturated rings. The minimum atomic E-state index is -1.32. The van der Waals surface area contributed by atoms with Crippen molar-refractivity contribution in [1.82, 2.24) is 15.2 Å². The monoisotopic (exact) mass is 570 g/mol. The number of carbonyl (C=O) groups excluding carboxylic acids is 3. The number of β-lactam (4-membered cyclic amide) rings is 1. The number of aliphatic carboxylic acids is 1. The van der Waals surface area contributed by atoms with E-state index in [4.69, 9.17) is 10.5 Å². The molecule has 1 aromatic heterocycles. The van der Waals surface area contributed by atoms with Gasteiger partial charge in [0.2, 0.25) is 0 Å². The maximum atomic E-state index is 13.1. The molecule has 2 atom stereocenters. The van der Waals surface area contributed by atoms with Crippen LogP contribution >= 0.6 is 23.1 Å². The number of rotatable bonds is 7. The molecular formula is C24H22N6O7S2. The number of benzene rings is 1. The van der Waals surface area contributed by atoms with E-state index in [9.17, 15) is 29.5 Å². The molecule has 1 aromatic carbocycles. The summed E-state index contributed by atoms with van der Waals surface area (Å²) < 4.78 is 5.23. The predicted octanol–water partition coefficient (Wildman–Crippen LogP) is 1.01. The number of thiazole rings is 1. The first kappa shape index (κ1) is 26.2. The Bertz CT molecular complexity index is 1480. The van der Waals surface area contributed by atoms with Gasteiger partial charge >= 0.3 is 5.97 Å². The van der Waals surface area contributed by atoms with Crippen molar-refractivity contribution in [3.63, 3.8) is 0 Å². The summed E-state index contributed by atoms with van der Waals surface area (Å²) >= 11 is 2.30. The SMILES string of the molecule is COc1cccc(N2CCC(=CC3=C(C(=O)O)N4C(=O)[C@@H](NC(=O)/C(=N\O)c5csc(N)n5)[C@H]4SC3)C2=O)c1. The highest BCUT2D eigenvalue weighted by molar-refractivity contribution is 8.00. The largest absolute Gasteiger partial charge is 0.497 e. The average Bonchev–Trinajstić information content (AvgIpc) is 3.52. The number of hydrogen-bond acceptors (Lipinski definition) is 11. The third kappa shape index (κ3) is 4.70. The summed E-state index contributed by atoms with van der Waals surface area (Å²) in [5, 5.41) is 25.6. The highest BCUT2D eigenvalue weighted by atomic mass is 32.2. The number of carboxylic acids is 1. The Balaban J connectivity index is 1.35. The lowest BCUT2D eigenvalue weighted by atomic mass is 10.0. The minimum absolute atomic E-state index is 0.0432. The van der Waals surface area contributed by atoms with Crippen molar-refractivity contribution in [2.24, 2.45) is 5.16 Å². The van der Waals surface area contributed by atoms with E-state index in [1.165, 1.54) is 30.3 Å². The lowest BCUT2D eigenvalue weighted by Gasteiger charge is -2.49. The molecule has 0 aliphatic carbocycles. The summed E-state index contributed by atoms with van der Waals surface area (Å²) in [6.45, 7) is 0.416. The molecule has 2 aromatic rings. The molecule has 0 bridgehead atoms. The van der Waals surface area contributed by atoms with Crippen LogP contribution in [0.5, 0.6) is 5.75 Å². The quantitative estimate of drug-likeness (QED) is 0.123. The number of allylic oxidation sites excluding steroid dienone is 1. The summed E-state index contributed by atoms with van der Waals surface area (Å²) in [5.74, 6) is -2.28.